The SMILES string of the molecule is C[C@H]1OCCN[C@@H]1C(=O)NCC(C)(C)c1ccccc1Cl.Cl. The fraction of sp³-hybridized carbons (Fsp3) is 0.562. The molecule has 1 fully saturated rings. The summed E-state index contributed by atoms with van der Waals surface area (Å²) in [7, 11) is 0. The molecule has 1 heterocycles. The monoisotopic (exact) mass is 346 g/mol. The first-order chi connectivity index (χ1) is 9.92. The minimum atomic E-state index is -0.291. The standard InChI is InChI=1S/C16H23ClN2O2.ClH/c1-11-14(18-8-9-21-11)15(20)19-10-16(2,3)12-6-4-5-7-13(12)17;/h4-7,11,14,18H,8-10H2,1-3H3,(H,19,20);1H/t11-,14+;/m1./s1. The Bertz CT molecular complexity index is 509. The van der Waals surface area contributed by atoms with E-state index in [9.17, 15) is 4.79 Å². The molecule has 1 aromatic rings. The predicted octanol–water partition coefficient (Wildman–Crippen LogP) is 2.53. The average molecular weight is 347 g/mol. The van der Waals surface area contributed by atoms with Crippen LogP contribution < -0.4 is 10.6 Å². The summed E-state index contributed by atoms with van der Waals surface area (Å²) in [6, 6.07) is 7.45. The maximum absolute atomic E-state index is 12.3. The maximum atomic E-state index is 12.3. The second-order valence-corrected chi connectivity index (χ2v) is 6.50. The molecule has 0 saturated carbocycles. The lowest BCUT2D eigenvalue weighted by molar-refractivity contribution is -0.129. The van der Waals surface area contributed by atoms with Gasteiger partial charge in [-0.2, -0.15) is 0 Å². The van der Waals surface area contributed by atoms with Crippen LogP contribution in [0.1, 0.15) is 26.3 Å². The molecule has 1 aliphatic rings. The van der Waals surface area contributed by atoms with Gasteiger partial charge < -0.3 is 15.4 Å². The molecule has 1 aromatic carbocycles. The topological polar surface area (TPSA) is 50.4 Å². The van der Waals surface area contributed by atoms with Crippen molar-refractivity contribution in [3.63, 3.8) is 0 Å². The van der Waals surface area contributed by atoms with Crippen molar-refractivity contribution in [3.8, 4) is 0 Å². The number of amides is 1. The highest BCUT2D eigenvalue weighted by Gasteiger charge is 2.30. The first kappa shape index (κ1) is 19.2. The number of halogens is 2. The highest BCUT2D eigenvalue weighted by Crippen LogP contribution is 2.29. The molecule has 0 aromatic heterocycles. The Hall–Kier alpha value is -0.810. The molecule has 0 aliphatic carbocycles. The van der Waals surface area contributed by atoms with Crippen molar-refractivity contribution in [1.29, 1.82) is 0 Å². The second-order valence-electron chi connectivity index (χ2n) is 6.09. The van der Waals surface area contributed by atoms with Gasteiger partial charge >= 0.3 is 0 Å². The van der Waals surface area contributed by atoms with Crippen LogP contribution in [0.5, 0.6) is 0 Å². The molecule has 0 bridgehead atoms. The van der Waals surface area contributed by atoms with Crippen LogP contribution in [0.15, 0.2) is 24.3 Å². The van der Waals surface area contributed by atoms with Gasteiger partial charge in [-0.25, -0.2) is 0 Å². The van der Waals surface area contributed by atoms with Gasteiger partial charge in [0, 0.05) is 23.5 Å². The number of rotatable bonds is 4. The molecule has 1 amide bonds. The van der Waals surface area contributed by atoms with E-state index < -0.39 is 0 Å². The highest BCUT2D eigenvalue weighted by atomic mass is 35.5. The van der Waals surface area contributed by atoms with Crippen LogP contribution in [-0.4, -0.2) is 37.7 Å². The zero-order valence-electron chi connectivity index (χ0n) is 13.2. The molecule has 2 N–H and O–H groups in total. The van der Waals surface area contributed by atoms with E-state index in [1.54, 1.807) is 0 Å². The summed E-state index contributed by atoms with van der Waals surface area (Å²) in [5.74, 6) is -0.0256. The molecule has 22 heavy (non-hydrogen) atoms. The van der Waals surface area contributed by atoms with Gasteiger partial charge in [-0.15, -0.1) is 12.4 Å². The number of carbonyl (C=O) groups is 1. The first-order valence-electron chi connectivity index (χ1n) is 7.29. The first-order valence-corrected chi connectivity index (χ1v) is 7.67. The second kappa shape index (κ2) is 8.16. The quantitative estimate of drug-likeness (QED) is 0.880. The van der Waals surface area contributed by atoms with Crippen LogP contribution in [0.2, 0.25) is 5.02 Å². The Morgan fingerprint density at radius 3 is 2.77 bits per heavy atom. The molecule has 1 aliphatic heterocycles. The minimum Gasteiger partial charge on any atom is -0.375 e. The number of nitrogens with one attached hydrogen (secondary N) is 2. The molecule has 6 heteroatoms. The lowest BCUT2D eigenvalue weighted by Crippen LogP contribution is -2.56. The summed E-state index contributed by atoms with van der Waals surface area (Å²) in [4.78, 5) is 12.3. The van der Waals surface area contributed by atoms with E-state index in [0.29, 0.717) is 19.7 Å². The van der Waals surface area contributed by atoms with Crippen molar-refractivity contribution in [2.24, 2.45) is 0 Å². The lowest BCUT2D eigenvalue weighted by atomic mass is 9.84. The molecule has 1 saturated heterocycles. The zero-order valence-corrected chi connectivity index (χ0v) is 14.8. The summed E-state index contributed by atoms with van der Waals surface area (Å²) in [6.45, 7) is 7.94. The van der Waals surface area contributed by atoms with Crippen molar-refractivity contribution in [2.45, 2.75) is 38.3 Å². The van der Waals surface area contributed by atoms with Gasteiger partial charge in [0.05, 0.1) is 12.7 Å². The third-order valence-electron chi connectivity index (χ3n) is 3.91. The Morgan fingerprint density at radius 1 is 1.45 bits per heavy atom. The van der Waals surface area contributed by atoms with Gasteiger partial charge in [0.2, 0.25) is 5.91 Å². The van der Waals surface area contributed by atoms with Crippen molar-refractivity contribution in [2.75, 3.05) is 19.7 Å². The van der Waals surface area contributed by atoms with E-state index in [1.165, 1.54) is 0 Å². The number of hydrogen-bond donors (Lipinski definition) is 2. The van der Waals surface area contributed by atoms with Crippen LogP contribution in [0.3, 0.4) is 0 Å². The van der Waals surface area contributed by atoms with Crippen LogP contribution in [0.4, 0.5) is 0 Å². The predicted molar refractivity (Wildman–Crippen MR) is 91.9 cm³/mol. The van der Waals surface area contributed by atoms with Crippen molar-refractivity contribution in [3.05, 3.63) is 34.9 Å². The van der Waals surface area contributed by atoms with Crippen molar-refractivity contribution in [1.82, 2.24) is 10.6 Å². The number of carbonyl (C=O) groups excluding carboxylic acids is 1. The summed E-state index contributed by atoms with van der Waals surface area (Å²) in [6.07, 6.45) is -0.109. The summed E-state index contributed by atoms with van der Waals surface area (Å²) >= 11 is 6.25. The van der Waals surface area contributed by atoms with E-state index in [1.807, 2.05) is 31.2 Å². The molecular weight excluding hydrogens is 323 g/mol. The van der Waals surface area contributed by atoms with Crippen LogP contribution in [0, 0.1) is 0 Å². The van der Waals surface area contributed by atoms with Gasteiger partial charge in [-0.1, -0.05) is 43.6 Å². The summed E-state index contributed by atoms with van der Waals surface area (Å²) < 4.78 is 5.50. The fourth-order valence-electron chi connectivity index (χ4n) is 2.55. The smallest absolute Gasteiger partial charge is 0.239 e. The number of benzene rings is 1. The van der Waals surface area contributed by atoms with E-state index in [-0.39, 0.29) is 35.9 Å². The van der Waals surface area contributed by atoms with Crippen LogP contribution in [-0.2, 0) is 14.9 Å². The average Bonchev–Trinajstić information content (AvgIpc) is 2.45. The van der Waals surface area contributed by atoms with E-state index >= 15 is 0 Å². The van der Waals surface area contributed by atoms with Crippen LogP contribution in [0.25, 0.3) is 0 Å². The summed E-state index contributed by atoms with van der Waals surface area (Å²) in [5.41, 5.74) is 0.806. The van der Waals surface area contributed by atoms with E-state index in [4.69, 9.17) is 16.3 Å². The minimum absolute atomic E-state index is 0. The Balaban J connectivity index is 0.00000242. The third-order valence-corrected chi connectivity index (χ3v) is 4.24. The maximum Gasteiger partial charge on any atom is 0.239 e. The molecule has 2 atom stereocenters. The fourth-order valence-corrected chi connectivity index (χ4v) is 2.94. The number of hydrogen-bond acceptors (Lipinski definition) is 3. The Morgan fingerprint density at radius 2 is 2.14 bits per heavy atom. The van der Waals surface area contributed by atoms with Crippen molar-refractivity contribution >= 4 is 29.9 Å². The van der Waals surface area contributed by atoms with Crippen LogP contribution >= 0.6 is 24.0 Å². The number of morpholine rings is 1. The normalized spacial score (nSPS) is 21.8. The van der Waals surface area contributed by atoms with Gasteiger partial charge in [-0.05, 0) is 18.6 Å². The zero-order chi connectivity index (χ0) is 15.5. The molecular formula is C16H24Cl2N2O2. The molecule has 124 valence electrons. The molecule has 0 radical (unpaired) electrons. The lowest BCUT2D eigenvalue weighted by Gasteiger charge is -2.31. The van der Waals surface area contributed by atoms with E-state index in [0.717, 1.165) is 10.6 Å². The Labute approximate surface area is 143 Å². The molecule has 0 unspecified atom stereocenters. The highest BCUT2D eigenvalue weighted by molar-refractivity contribution is 6.31. The van der Waals surface area contributed by atoms with E-state index in [2.05, 4.69) is 24.5 Å². The largest absolute Gasteiger partial charge is 0.375 e. The van der Waals surface area contributed by atoms with Gasteiger partial charge in [-0.3, -0.25) is 4.79 Å². The summed E-state index contributed by atoms with van der Waals surface area (Å²) in [5, 5.41) is 6.93. The molecule has 2 rings (SSSR count). The molecule has 0 spiro atoms. The Kier molecular flexibility index (Phi) is 7.13. The third kappa shape index (κ3) is 4.59. The van der Waals surface area contributed by atoms with Gasteiger partial charge in [0.25, 0.3) is 0 Å². The van der Waals surface area contributed by atoms with Gasteiger partial charge in [0.15, 0.2) is 0 Å². The van der Waals surface area contributed by atoms with Crippen molar-refractivity contribution < 1.29 is 9.53 Å². The number of ether oxygens (including phenoxy) is 1. The molecule has 4 nitrogen and oxygen atoms in total. The van der Waals surface area contributed by atoms with Gasteiger partial charge in [0.1, 0.15) is 6.04 Å².